The number of alkyl halides is 2. The third kappa shape index (κ3) is 2.15. The van der Waals surface area contributed by atoms with Crippen LogP contribution in [0, 0.1) is 5.41 Å². The van der Waals surface area contributed by atoms with E-state index in [1.54, 1.807) is 6.20 Å². The zero-order valence-electron chi connectivity index (χ0n) is 8.84. The molecule has 1 heterocycles. The summed E-state index contributed by atoms with van der Waals surface area (Å²) in [5.74, 6) is 0.0481. The van der Waals surface area contributed by atoms with Gasteiger partial charge in [-0.3, -0.25) is 9.78 Å². The first-order valence-corrected chi connectivity index (χ1v) is 6.60. The highest BCUT2D eigenvalue weighted by Crippen LogP contribution is 2.66. The van der Waals surface area contributed by atoms with E-state index in [2.05, 4.69) is 42.2 Å². The standard InChI is InChI=1S/C11H12Br2N2O/c1-10(7-11(10,12)13)9(16)15-6-8-4-2-3-5-14-8/h2-5H,6-7H2,1H3,(H,15,16). The molecule has 1 atom stereocenters. The number of hydrogen-bond donors (Lipinski definition) is 1. The highest BCUT2D eigenvalue weighted by Gasteiger charge is 2.66. The third-order valence-electron chi connectivity index (χ3n) is 2.92. The number of carbonyl (C=O) groups excluding carboxylic acids is 1. The van der Waals surface area contributed by atoms with E-state index in [1.807, 2.05) is 25.1 Å². The van der Waals surface area contributed by atoms with Crippen LogP contribution in [0.5, 0.6) is 0 Å². The molecule has 1 aliphatic rings. The van der Waals surface area contributed by atoms with Gasteiger partial charge in [-0.05, 0) is 25.5 Å². The summed E-state index contributed by atoms with van der Waals surface area (Å²) in [5.41, 5.74) is 0.511. The monoisotopic (exact) mass is 346 g/mol. The molecular weight excluding hydrogens is 336 g/mol. The van der Waals surface area contributed by atoms with Crippen molar-refractivity contribution in [1.29, 1.82) is 0 Å². The number of halogens is 2. The molecule has 0 radical (unpaired) electrons. The van der Waals surface area contributed by atoms with Gasteiger partial charge in [0, 0.05) is 6.20 Å². The lowest BCUT2D eigenvalue weighted by Crippen LogP contribution is -2.32. The van der Waals surface area contributed by atoms with Crippen molar-refractivity contribution in [2.24, 2.45) is 5.41 Å². The summed E-state index contributed by atoms with van der Waals surface area (Å²) in [6, 6.07) is 5.66. The average molecular weight is 348 g/mol. The van der Waals surface area contributed by atoms with Crippen molar-refractivity contribution in [3.05, 3.63) is 30.1 Å². The van der Waals surface area contributed by atoms with E-state index in [0.717, 1.165) is 12.1 Å². The second-order valence-electron chi connectivity index (χ2n) is 4.22. The molecule has 1 aromatic heterocycles. The van der Waals surface area contributed by atoms with Crippen molar-refractivity contribution in [2.45, 2.75) is 23.1 Å². The van der Waals surface area contributed by atoms with Gasteiger partial charge in [0.1, 0.15) is 0 Å². The highest BCUT2D eigenvalue weighted by molar-refractivity contribution is 9.25. The first kappa shape index (κ1) is 12.0. The Morgan fingerprint density at radius 1 is 1.56 bits per heavy atom. The summed E-state index contributed by atoms with van der Waals surface area (Å²) < 4.78 is -0.235. The van der Waals surface area contributed by atoms with Gasteiger partial charge in [-0.2, -0.15) is 0 Å². The molecule has 1 aliphatic carbocycles. The lowest BCUT2D eigenvalue weighted by atomic mass is 10.1. The van der Waals surface area contributed by atoms with Crippen molar-refractivity contribution >= 4 is 37.8 Å². The fourth-order valence-electron chi connectivity index (χ4n) is 1.51. The highest BCUT2D eigenvalue weighted by atomic mass is 79.9. The molecule has 0 saturated heterocycles. The Hall–Kier alpha value is -0.420. The Labute approximate surface area is 111 Å². The first-order valence-electron chi connectivity index (χ1n) is 5.02. The normalized spacial score (nSPS) is 26.2. The quantitative estimate of drug-likeness (QED) is 0.854. The molecule has 1 saturated carbocycles. The third-order valence-corrected chi connectivity index (χ3v) is 5.23. The molecule has 5 heteroatoms. The van der Waals surface area contributed by atoms with E-state index in [-0.39, 0.29) is 14.6 Å². The van der Waals surface area contributed by atoms with Crippen molar-refractivity contribution in [1.82, 2.24) is 10.3 Å². The molecule has 0 aliphatic heterocycles. The molecule has 1 amide bonds. The van der Waals surface area contributed by atoms with Gasteiger partial charge in [0.05, 0.1) is 20.9 Å². The number of aromatic nitrogens is 1. The summed E-state index contributed by atoms with van der Waals surface area (Å²) in [6.07, 6.45) is 2.52. The Kier molecular flexibility index (Phi) is 3.09. The predicted octanol–water partition coefficient (Wildman–Crippen LogP) is 2.59. The SMILES string of the molecule is CC1(C(=O)NCc2ccccn2)CC1(Br)Br. The maximum atomic E-state index is 11.9. The molecule has 16 heavy (non-hydrogen) atoms. The topological polar surface area (TPSA) is 42.0 Å². The van der Waals surface area contributed by atoms with Gasteiger partial charge in [0.25, 0.3) is 0 Å². The second kappa shape index (κ2) is 4.11. The van der Waals surface area contributed by atoms with Crippen LogP contribution in [0.15, 0.2) is 24.4 Å². The lowest BCUT2D eigenvalue weighted by molar-refractivity contribution is -0.125. The van der Waals surface area contributed by atoms with Gasteiger partial charge in [0.2, 0.25) is 5.91 Å². The Morgan fingerprint density at radius 2 is 2.25 bits per heavy atom. The van der Waals surface area contributed by atoms with E-state index < -0.39 is 0 Å². The average Bonchev–Trinajstić information content (AvgIpc) is 2.78. The molecule has 0 bridgehead atoms. The maximum absolute atomic E-state index is 11.9. The smallest absolute Gasteiger partial charge is 0.228 e. The Balaban J connectivity index is 1.91. The second-order valence-corrected chi connectivity index (χ2v) is 7.99. The van der Waals surface area contributed by atoms with Crippen molar-refractivity contribution in [3.63, 3.8) is 0 Å². The number of pyridine rings is 1. The molecule has 1 unspecified atom stereocenters. The van der Waals surface area contributed by atoms with Gasteiger partial charge in [0.15, 0.2) is 0 Å². The van der Waals surface area contributed by atoms with E-state index in [4.69, 9.17) is 0 Å². The van der Waals surface area contributed by atoms with Crippen LogP contribution < -0.4 is 5.32 Å². The van der Waals surface area contributed by atoms with E-state index >= 15 is 0 Å². The Morgan fingerprint density at radius 3 is 2.75 bits per heavy atom. The first-order chi connectivity index (χ1) is 7.46. The van der Waals surface area contributed by atoms with E-state index in [1.165, 1.54) is 0 Å². The number of rotatable bonds is 3. The van der Waals surface area contributed by atoms with Crippen LogP contribution in [0.3, 0.4) is 0 Å². The molecule has 1 aromatic rings. The minimum absolute atomic E-state index is 0.0481. The number of hydrogen-bond acceptors (Lipinski definition) is 2. The van der Waals surface area contributed by atoms with Crippen LogP contribution in [-0.4, -0.2) is 14.1 Å². The number of nitrogens with one attached hydrogen (secondary N) is 1. The predicted molar refractivity (Wildman–Crippen MR) is 69.4 cm³/mol. The summed E-state index contributed by atoms with van der Waals surface area (Å²) >= 11 is 6.95. The fourth-order valence-corrected chi connectivity index (χ4v) is 3.00. The number of nitrogens with zero attached hydrogens (tertiary/aromatic N) is 1. The van der Waals surface area contributed by atoms with Crippen LogP contribution in [0.2, 0.25) is 0 Å². The van der Waals surface area contributed by atoms with Gasteiger partial charge >= 0.3 is 0 Å². The molecule has 0 spiro atoms. The molecule has 0 aromatic carbocycles. The number of amides is 1. The minimum Gasteiger partial charge on any atom is -0.350 e. The molecular formula is C11H12Br2N2O. The van der Waals surface area contributed by atoms with E-state index in [9.17, 15) is 4.79 Å². The maximum Gasteiger partial charge on any atom is 0.228 e. The molecule has 1 fully saturated rings. The van der Waals surface area contributed by atoms with Gasteiger partial charge in [-0.15, -0.1) is 0 Å². The zero-order chi connectivity index (χ0) is 11.8. The van der Waals surface area contributed by atoms with Crippen LogP contribution in [0.1, 0.15) is 19.0 Å². The van der Waals surface area contributed by atoms with E-state index in [0.29, 0.717) is 6.54 Å². The van der Waals surface area contributed by atoms with Crippen molar-refractivity contribution in [2.75, 3.05) is 0 Å². The number of carbonyl (C=O) groups is 1. The molecule has 1 N–H and O–H groups in total. The van der Waals surface area contributed by atoms with Crippen LogP contribution in [0.4, 0.5) is 0 Å². The fraction of sp³-hybridized carbons (Fsp3) is 0.455. The summed E-state index contributed by atoms with van der Waals surface area (Å²) in [4.78, 5) is 16.1. The van der Waals surface area contributed by atoms with Crippen LogP contribution in [-0.2, 0) is 11.3 Å². The largest absolute Gasteiger partial charge is 0.350 e. The minimum atomic E-state index is -0.359. The van der Waals surface area contributed by atoms with Gasteiger partial charge in [-0.1, -0.05) is 37.9 Å². The summed E-state index contributed by atoms with van der Waals surface area (Å²) in [6.45, 7) is 2.41. The molecule has 2 rings (SSSR count). The van der Waals surface area contributed by atoms with Crippen molar-refractivity contribution < 1.29 is 4.79 Å². The zero-order valence-corrected chi connectivity index (χ0v) is 12.0. The summed E-state index contributed by atoms with van der Waals surface area (Å²) in [7, 11) is 0. The Bertz CT molecular complexity index is 408. The van der Waals surface area contributed by atoms with Crippen LogP contribution >= 0.6 is 31.9 Å². The van der Waals surface area contributed by atoms with Crippen LogP contribution in [0.25, 0.3) is 0 Å². The molecule has 3 nitrogen and oxygen atoms in total. The lowest BCUT2D eigenvalue weighted by Gasteiger charge is -2.12. The van der Waals surface area contributed by atoms with Gasteiger partial charge in [-0.25, -0.2) is 0 Å². The van der Waals surface area contributed by atoms with Crippen molar-refractivity contribution in [3.8, 4) is 0 Å². The molecule has 86 valence electrons. The summed E-state index contributed by atoms with van der Waals surface area (Å²) in [5, 5.41) is 2.90. The van der Waals surface area contributed by atoms with Gasteiger partial charge < -0.3 is 5.32 Å².